The molecule has 0 aliphatic carbocycles. The van der Waals surface area contributed by atoms with Crippen LogP contribution in [0.1, 0.15) is 12.0 Å². The van der Waals surface area contributed by atoms with Crippen LogP contribution in [-0.2, 0) is 16.0 Å². The molecule has 3 nitrogen and oxygen atoms in total. The zero-order valence-electron chi connectivity index (χ0n) is 10.4. The third kappa shape index (κ3) is 5.32. The average Bonchev–Trinajstić information content (AvgIpc) is 2.42. The van der Waals surface area contributed by atoms with Gasteiger partial charge in [-0.1, -0.05) is 46.3 Å². The number of halogens is 4. The van der Waals surface area contributed by atoms with E-state index in [1.54, 1.807) is 29.6 Å². The van der Waals surface area contributed by atoms with Crippen molar-refractivity contribution < 1.29 is 22.8 Å². The van der Waals surface area contributed by atoms with Crippen molar-refractivity contribution in [1.29, 1.82) is 0 Å². The van der Waals surface area contributed by atoms with Crippen molar-refractivity contribution >= 4 is 27.6 Å². The molecule has 1 amide bonds. The minimum atomic E-state index is -4.99. The van der Waals surface area contributed by atoms with E-state index in [0.717, 1.165) is 5.56 Å². The van der Waals surface area contributed by atoms with E-state index in [9.17, 15) is 22.8 Å². The molecule has 110 valence electrons. The first-order valence-corrected chi connectivity index (χ1v) is 6.97. The largest absolute Gasteiger partial charge is 0.471 e. The van der Waals surface area contributed by atoms with Gasteiger partial charge < -0.3 is 5.32 Å². The molecular formula is C13H13BrF3NO2. The van der Waals surface area contributed by atoms with Crippen LogP contribution in [0.3, 0.4) is 0 Å². The number of Topliss-reactive ketones (excluding diaryl/α,β-unsaturated/α-hetero) is 1. The van der Waals surface area contributed by atoms with Crippen molar-refractivity contribution in [3.63, 3.8) is 0 Å². The van der Waals surface area contributed by atoms with Gasteiger partial charge in [0.05, 0.1) is 11.4 Å². The highest BCUT2D eigenvalue weighted by molar-refractivity contribution is 9.09. The number of ketones is 1. The van der Waals surface area contributed by atoms with Crippen LogP contribution in [0.2, 0.25) is 0 Å². The first-order valence-electron chi connectivity index (χ1n) is 5.85. The Morgan fingerprint density at radius 1 is 1.20 bits per heavy atom. The fraction of sp³-hybridized carbons (Fsp3) is 0.385. The number of rotatable bonds is 6. The van der Waals surface area contributed by atoms with E-state index in [4.69, 9.17) is 0 Å². The van der Waals surface area contributed by atoms with E-state index in [2.05, 4.69) is 15.9 Å². The summed E-state index contributed by atoms with van der Waals surface area (Å²) in [5.41, 5.74) is 0.890. The molecule has 0 spiro atoms. The topological polar surface area (TPSA) is 46.2 Å². The van der Waals surface area contributed by atoms with Gasteiger partial charge in [0.15, 0.2) is 5.78 Å². The normalized spacial score (nSPS) is 12.8. The summed E-state index contributed by atoms with van der Waals surface area (Å²) in [6.45, 7) is 0. The van der Waals surface area contributed by atoms with Crippen molar-refractivity contribution in [2.45, 2.75) is 25.1 Å². The molecule has 0 radical (unpaired) electrons. The molecule has 7 heteroatoms. The minimum absolute atomic E-state index is 0.107. The van der Waals surface area contributed by atoms with E-state index < -0.39 is 23.9 Å². The highest BCUT2D eigenvalue weighted by Crippen LogP contribution is 2.16. The Bertz CT molecular complexity index is 462. The highest BCUT2D eigenvalue weighted by atomic mass is 79.9. The Morgan fingerprint density at radius 3 is 2.30 bits per heavy atom. The predicted octanol–water partition coefficient (Wildman–Crippen LogP) is 2.63. The molecule has 0 saturated carbocycles. The SMILES string of the molecule is O=C(CBr)C(CCc1ccccc1)NC(=O)C(F)(F)F. The van der Waals surface area contributed by atoms with Crippen LogP contribution >= 0.6 is 15.9 Å². The molecule has 0 aliphatic heterocycles. The van der Waals surface area contributed by atoms with Crippen LogP contribution in [-0.4, -0.2) is 29.2 Å². The Kier molecular flexibility index (Phi) is 6.19. The zero-order valence-corrected chi connectivity index (χ0v) is 12.0. The number of nitrogens with one attached hydrogen (secondary N) is 1. The smallest absolute Gasteiger partial charge is 0.338 e. The Hall–Kier alpha value is -1.37. The number of carbonyl (C=O) groups excluding carboxylic acids is 2. The first-order chi connectivity index (χ1) is 9.34. The molecule has 1 aromatic rings. The number of aryl methyl sites for hydroxylation is 1. The van der Waals surface area contributed by atoms with Gasteiger partial charge in [0.25, 0.3) is 0 Å². The lowest BCUT2D eigenvalue weighted by molar-refractivity contribution is -0.174. The maximum atomic E-state index is 12.2. The molecule has 0 bridgehead atoms. The number of benzene rings is 1. The summed E-state index contributed by atoms with van der Waals surface area (Å²) >= 11 is 2.90. The highest BCUT2D eigenvalue weighted by Gasteiger charge is 2.40. The molecule has 0 aliphatic rings. The van der Waals surface area contributed by atoms with Crippen molar-refractivity contribution in [1.82, 2.24) is 5.32 Å². The second-order valence-corrected chi connectivity index (χ2v) is 4.71. The summed E-state index contributed by atoms with van der Waals surface area (Å²) in [7, 11) is 0. The summed E-state index contributed by atoms with van der Waals surface area (Å²) in [5.74, 6) is -2.58. The molecule has 1 unspecified atom stereocenters. The minimum Gasteiger partial charge on any atom is -0.338 e. The molecule has 0 fully saturated rings. The maximum absolute atomic E-state index is 12.2. The van der Waals surface area contributed by atoms with Crippen LogP contribution in [0.4, 0.5) is 13.2 Å². The molecule has 0 aromatic heterocycles. The molecular weight excluding hydrogens is 339 g/mol. The Balaban J connectivity index is 2.66. The number of carbonyl (C=O) groups is 2. The quantitative estimate of drug-likeness (QED) is 0.801. The van der Waals surface area contributed by atoms with Gasteiger partial charge in [-0.2, -0.15) is 13.2 Å². The Morgan fingerprint density at radius 2 is 1.80 bits per heavy atom. The zero-order chi connectivity index (χ0) is 15.2. The van der Waals surface area contributed by atoms with Gasteiger partial charge in [0.2, 0.25) is 0 Å². The third-order valence-corrected chi connectivity index (χ3v) is 3.20. The van der Waals surface area contributed by atoms with Gasteiger partial charge in [-0.3, -0.25) is 9.59 Å². The van der Waals surface area contributed by atoms with Gasteiger partial charge in [-0.15, -0.1) is 0 Å². The predicted molar refractivity (Wildman–Crippen MR) is 71.5 cm³/mol. The summed E-state index contributed by atoms with van der Waals surface area (Å²) in [4.78, 5) is 22.5. The van der Waals surface area contributed by atoms with Gasteiger partial charge in [0, 0.05) is 0 Å². The van der Waals surface area contributed by atoms with Crippen molar-refractivity contribution in [2.24, 2.45) is 0 Å². The number of hydrogen-bond donors (Lipinski definition) is 1. The van der Waals surface area contributed by atoms with Crippen LogP contribution in [0.15, 0.2) is 30.3 Å². The molecule has 0 saturated heterocycles. The number of alkyl halides is 4. The fourth-order valence-corrected chi connectivity index (χ4v) is 1.99. The summed E-state index contributed by atoms with van der Waals surface area (Å²) < 4.78 is 36.6. The van der Waals surface area contributed by atoms with Crippen molar-refractivity contribution in [3.05, 3.63) is 35.9 Å². The standard InChI is InChI=1S/C13H13BrF3NO2/c14-8-11(19)10(18-12(20)13(15,16)17)7-6-9-4-2-1-3-5-9/h1-5,10H,6-8H2,(H,18,20). The van der Waals surface area contributed by atoms with Gasteiger partial charge in [-0.05, 0) is 18.4 Å². The van der Waals surface area contributed by atoms with Crippen LogP contribution in [0, 0.1) is 0 Å². The van der Waals surface area contributed by atoms with Crippen LogP contribution in [0.25, 0.3) is 0 Å². The molecule has 20 heavy (non-hydrogen) atoms. The summed E-state index contributed by atoms with van der Waals surface area (Å²) in [6.07, 6.45) is -4.46. The lowest BCUT2D eigenvalue weighted by Crippen LogP contribution is -2.47. The second kappa shape index (κ2) is 7.42. The van der Waals surface area contributed by atoms with E-state index >= 15 is 0 Å². The fourth-order valence-electron chi connectivity index (χ4n) is 1.60. The van der Waals surface area contributed by atoms with E-state index in [-0.39, 0.29) is 11.8 Å². The van der Waals surface area contributed by atoms with E-state index in [1.807, 2.05) is 6.07 Å². The van der Waals surface area contributed by atoms with Gasteiger partial charge >= 0.3 is 12.1 Å². The number of amides is 1. The first kappa shape index (κ1) is 16.7. The lowest BCUT2D eigenvalue weighted by Gasteiger charge is -2.17. The molecule has 1 aromatic carbocycles. The van der Waals surface area contributed by atoms with Crippen molar-refractivity contribution in [2.75, 3.05) is 5.33 Å². The summed E-state index contributed by atoms with van der Waals surface area (Å²) in [6, 6.07) is 7.87. The van der Waals surface area contributed by atoms with Crippen molar-refractivity contribution in [3.8, 4) is 0 Å². The summed E-state index contributed by atoms with van der Waals surface area (Å²) in [5, 5.41) is 1.63. The number of hydrogen-bond acceptors (Lipinski definition) is 2. The van der Waals surface area contributed by atoms with Crippen LogP contribution < -0.4 is 5.32 Å². The molecule has 1 rings (SSSR count). The molecule has 0 heterocycles. The van der Waals surface area contributed by atoms with E-state index in [0.29, 0.717) is 6.42 Å². The monoisotopic (exact) mass is 351 g/mol. The molecule has 1 atom stereocenters. The average molecular weight is 352 g/mol. The van der Waals surface area contributed by atoms with E-state index in [1.165, 1.54) is 0 Å². The maximum Gasteiger partial charge on any atom is 0.471 e. The van der Waals surface area contributed by atoms with Crippen LogP contribution in [0.5, 0.6) is 0 Å². The molecule has 1 N–H and O–H groups in total. The van der Waals surface area contributed by atoms with Gasteiger partial charge in [0.1, 0.15) is 0 Å². The van der Waals surface area contributed by atoms with Gasteiger partial charge in [-0.25, -0.2) is 0 Å². The third-order valence-electron chi connectivity index (χ3n) is 2.65. The Labute approximate surface area is 122 Å². The second-order valence-electron chi connectivity index (χ2n) is 4.15. The lowest BCUT2D eigenvalue weighted by atomic mass is 10.0.